The third-order valence-corrected chi connectivity index (χ3v) is 5.66. The van der Waals surface area contributed by atoms with E-state index in [1.807, 2.05) is 4.90 Å². The standard InChI is InChI=1S/C19H25N5O3.ClH/c1-2-24-18(26)15-4-3-13(11-16(15)21-19(24)27)17(25)23-8-5-14(12-23)22-9-6-20-7-10-22;/h3-4,11,14,20H,2,5-10,12H2,1H3,(H,21,27);1H. The number of piperazine rings is 1. The van der Waals surface area contributed by atoms with E-state index in [-0.39, 0.29) is 23.9 Å². The second kappa shape index (κ2) is 8.46. The lowest BCUT2D eigenvalue weighted by molar-refractivity contribution is 0.0773. The third kappa shape index (κ3) is 3.72. The van der Waals surface area contributed by atoms with Gasteiger partial charge in [-0.05, 0) is 31.5 Å². The predicted octanol–water partition coefficient (Wildman–Crippen LogP) is 0.251. The van der Waals surface area contributed by atoms with Crippen LogP contribution < -0.4 is 16.6 Å². The molecule has 0 aliphatic carbocycles. The Morgan fingerprint density at radius 1 is 1.18 bits per heavy atom. The van der Waals surface area contributed by atoms with Gasteiger partial charge in [-0.2, -0.15) is 0 Å². The van der Waals surface area contributed by atoms with Crippen molar-refractivity contribution >= 4 is 29.2 Å². The van der Waals surface area contributed by atoms with Gasteiger partial charge in [-0.3, -0.25) is 19.1 Å². The highest BCUT2D eigenvalue weighted by molar-refractivity contribution is 5.97. The fourth-order valence-corrected chi connectivity index (χ4v) is 4.13. The van der Waals surface area contributed by atoms with Gasteiger partial charge in [0.25, 0.3) is 11.5 Å². The molecular formula is C19H26ClN5O3. The van der Waals surface area contributed by atoms with Crippen LogP contribution in [0, 0.1) is 0 Å². The first-order chi connectivity index (χ1) is 13.1. The molecule has 1 aromatic carbocycles. The van der Waals surface area contributed by atoms with Crippen LogP contribution in [-0.2, 0) is 6.54 Å². The molecule has 0 radical (unpaired) electrons. The van der Waals surface area contributed by atoms with Crippen molar-refractivity contribution in [2.24, 2.45) is 0 Å². The Kier molecular flexibility index (Phi) is 6.22. The van der Waals surface area contributed by atoms with Gasteiger partial charge in [0.05, 0.1) is 10.9 Å². The lowest BCUT2D eigenvalue weighted by atomic mass is 10.1. The Bertz CT molecular complexity index is 980. The second-order valence-corrected chi connectivity index (χ2v) is 7.22. The number of carbonyl (C=O) groups is 1. The summed E-state index contributed by atoms with van der Waals surface area (Å²) in [7, 11) is 0. The van der Waals surface area contributed by atoms with E-state index in [1.165, 1.54) is 0 Å². The Hall–Kier alpha value is -2.16. The molecule has 4 rings (SSSR count). The summed E-state index contributed by atoms with van der Waals surface area (Å²) in [6.45, 7) is 7.57. The second-order valence-electron chi connectivity index (χ2n) is 7.22. The number of hydrogen-bond donors (Lipinski definition) is 2. The summed E-state index contributed by atoms with van der Waals surface area (Å²) in [5.74, 6) is -0.0462. The van der Waals surface area contributed by atoms with Crippen LogP contribution in [0.4, 0.5) is 0 Å². The number of nitrogens with one attached hydrogen (secondary N) is 2. The normalized spacial score (nSPS) is 20.3. The number of H-pyrrole nitrogens is 1. The number of carbonyl (C=O) groups excluding carboxylic acids is 1. The van der Waals surface area contributed by atoms with Gasteiger partial charge in [0, 0.05) is 57.4 Å². The van der Waals surface area contributed by atoms with Crippen LogP contribution >= 0.6 is 12.4 Å². The van der Waals surface area contributed by atoms with Crippen LogP contribution in [-0.4, -0.2) is 70.6 Å². The van der Waals surface area contributed by atoms with E-state index in [9.17, 15) is 14.4 Å². The van der Waals surface area contributed by atoms with E-state index < -0.39 is 5.69 Å². The molecule has 152 valence electrons. The summed E-state index contributed by atoms with van der Waals surface area (Å²) in [5, 5.41) is 3.78. The highest BCUT2D eigenvalue weighted by atomic mass is 35.5. The van der Waals surface area contributed by atoms with Crippen molar-refractivity contribution in [3.8, 4) is 0 Å². The molecule has 1 unspecified atom stereocenters. The first-order valence-corrected chi connectivity index (χ1v) is 9.59. The molecule has 2 aliphatic rings. The van der Waals surface area contributed by atoms with Gasteiger partial charge >= 0.3 is 5.69 Å². The van der Waals surface area contributed by atoms with Crippen LogP contribution in [0.1, 0.15) is 23.7 Å². The first-order valence-electron chi connectivity index (χ1n) is 9.59. The molecule has 0 saturated carbocycles. The zero-order chi connectivity index (χ0) is 19.0. The molecule has 2 saturated heterocycles. The van der Waals surface area contributed by atoms with Crippen LogP contribution in [0.15, 0.2) is 27.8 Å². The quantitative estimate of drug-likeness (QED) is 0.761. The largest absolute Gasteiger partial charge is 0.337 e. The number of amides is 1. The molecule has 9 heteroatoms. The molecule has 0 spiro atoms. The lowest BCUT2D eigenvalue weighted by Crippen LogP contribution is -2.49. The van der Waals surface area contributed by atoms with Gasteiger partial charge in [-0.15, -0.1) is 12.4 Å². The van der Waals surface area contributed by atoms with Crippen LogP contribution in [0.5, 0.6) is 0 Å². The summed E-state index contributed by atoms with van der Waals surface area (Å²) in [6.07, 6.45) is 0.983. The van der Waals surface area contributed by atoms with Crippen molar-refractivity contribution in [1.29, 1.82) is 0 Å². The molecule has 3 heterocycles. The third-order valence-electron chi connectivity index (χ3n) is 5.66. The topological polar surface area (TPSA) is 90.4 Å². The summed E-state index contributed by atoms with van der Waals surface area (Å²) in [5.41, 5.74) is 0.154. The highest BCUT2D eigenvalue weighted by Crippen LogP contribution is 2.19. The fourth-order valence-electron chi connectivity index (χ4n) is 4.13. The van der Waals surface area contributed by atoms with Crippen LogP contribution in [0.2, 0.25) is 0 Å². The molecule has 28 heavy (non-hydrogen) atoms. The smallest absolute Gasteiger partial charge is 0.328 e. The number of fused-ring (bicyclic) bond motifs is 1. The summed E-state index contributed by atoms with van der Waals surface area (Å²) in [4.78, 5) is 44.4. The molecule has 8 nitrogen and oxygen atoms in total. The van der Waals surface area contributed by atoms with Crippen molar-refractivity contribution in [1.82, 2.24) is 24.7 Å². The maximum atomic E-state index is 12.9. The first kappa shape index (κ1) is 20.6. The van der Waals surface area contributed by atoms with E-state index in [0.29, 0.717) is 29.1 Å². The zero-order valence-electron chi connectivity index (χ0n) is 15.9. The minimum atomic E-state index is -0.445. The molecule has 2 fully saturated rings. The van der Waals surface area contributed by atoms with Gasteiger partial charge < -0.3 is 15.2 Å². The van der Waals surface area contributed by atoms with Gasteiger partial charge in [0.15, 0.2) is 0 Å². The lowest BCUT2D eigenvalue weighted by Gasteiger charge is -2.32. The van der Waals surface area contributed by atoms with E-state index >= 15 is 0 Å². The average molecular weight is 408 g/mol. The number of benzene rings is 1. The zero-order valence-corrected chi connectivity index (χ0v) is 16.8. The molecule has 1 amide bonds. The SMILES string of the molecule is CCn1c(=O)[nH]c2cc(C(=O)N3CCC(N4CCNCC4)C3)ccc2c1=O.Cl. The summed E-state index contributed by atoms with van der Waals surface area (Å²) in [6, 6.07) is 5.35. The Morgan fingerprint density at radius 2 is 1.93 bits per heavy atom. The van der Waals surface area contributed by atoms with E-state index in [0.717, 1.165) is 50.3 Å². The van der Waals surface area contributed by atoms with Gasteiger partial charge in [-0.25, -0.2) is 4.79 Å². The Morgan fingerprint density at radius 3 is 2.64 bits per heavy atom. The number of nitrogens with zero attached hydrogens (tertiary/aromatic N) is 3. The number of rotatable bonds is 3. The maximum Gasteiger partial charge on any atom is 0.328 e. The average Bonchev–Trinajstić information content (AvgIpc) is 3.18. The van der Waals surface area contributed by atoms with Crippen molar-refractivity contribution in [3.05, 3.63) is 44.6 Å². The predicted molar refractivity (Wildman–Crippen MR) is 111 cm³/mol. The minimum Gasteiger partial charge on any atom is -0.337 e. The van der Waals surface area contributed by atoms with Crippen molar-refractivity contribution < 1.29 is 4.79 Å². The van der Waals surface area contributed by atoms with E-state index in [2.05, 4.69) is 15.2 Å². The molecule has 0 bridgehead atoms. The van der Waals surface area contributed by atoms with Crippen molar-refractivity contribution in [3.63, 3.8) is 0 Å². The Labute approximate surface area is 168 Å². The number of halogens is 1. The van der Waals surface area contributed by atoms with E-state index in [1.54, 1.807) is 25.1 Å². The van der Waals surface area contributed by atoms with Crippen molar-refractivity contribution in [2.45, 2.75) is 25.9 Å². The Balaban J connectivity index is 0.00000225. The monoisotopic (exact) mass is 407 g/mol. The van der Waals surface area contributed by atoms with Gasteiger partial charge in [-0.1, -0.05) is 0 Å². The minimum absolute atomic E-state index is 0. The molecule has 1 atom stereocenters. The summed E-state index contributed by atoms with van der Waals surface area (Å²) < 4.78 is 1.16. The molecule has 2 aromatic rings. The maximum absolute atomic E-state index is 12.9. The number of hydrogen-bond acceptors (Lipinski definition) is 5. The van der Waals surface area contributed by atoms with Gasteiger partial charge in [0.2, 0.25) is 0 Å². The fraction of sp³-hybridized carbons (Fsp3) is 0.526. The number of aromatic nitrogens is 2. The number of likely N-dealkylation sites (tertiary alicyclic amines) is 1. The highest BCUT2D eigenvalue weighted by Gasteiger charge is 2.31. The molecule has 1 aromatic heterocycles. The van der Waals surface area contributed by atoms with Crippen molar-refractivity contribution in [2.75, 3.05) is 39.3 Å². The summed E-state index contributed by atoms with van der Waals surface area (Å²) >= 11 is 0. The molecule has 2 N–H and O–H groups in total. The molecule has 2 aliphatic heterocycles. The van der Waals surface area contributed by atoms with Crippen LogP contribution in [0.25, 0.3) is 10.9 Å². The number of aromatic amines is 1. The van der Waals surface area contributed by atoms with E-state index in [4.69, 9.17) is 0 Å². The van der Waals surface area contributed by atoms with Gasteiger partial charge in [0.1, 0.15) is 0 Å². The molecular weight excluding hydrogens is 382 g/mol. The van der Waals surface area contributed by atoms with Crippen LogP contribution in [0.3, 0.4) is 0 Å².